The average Bonchev–Trinajstić information content (AvgIpc) is 2.59. The zero-order chi connectivity index (χ0) is 15.9. The van der Waals surface area contributed by atoms with Crippen molar-refractivity contribution in [3.63, 3.8) is 0 Å². The highest BCUT2D eigenvalue weighted by Gasteiger charge is 2.09. The van der Waals surface area contributed by atoms with E-state index in [1.807, 2.05) is 31.2 Å². The van der Waals surface area contributed by atoms with Gasteiger partial charge in [-0.1, -0.05) is 44.5 Å². The second-order valence-electron chi connectivity index (χ2n) is 4.87. The van der Waals surface area contributed by atoms with Gasteiger partial charge in [0.2, 0.25) is 5.88 Å². The van der Waals surface area contributed by atoms with Gasteiger partial charge in [-0.3, -0.25) is 0 Å². The third-order valence-electron chi connectivity index (χ3n) is 3.48. The van der Waals surface area contributed by atoms with Crippen molar-refractivity contribution in [2.24, 2.45) is 0 Å². The molecule has 1 aromatic heterocycles. The summed E-state index contributed by atoms with van der Waals surface area (Å²) in [5, 5.41) is 8.19. The number of ether oxygens (including phenoxy) is 1. The monoisotopic (exact) mass is 292 g/mol. The first-order valence-electron chi connectivity index (χ1n) is 7.39. The summed E-state index contributed by atoms with van der Waals surface area (Å²) in [6.45, 7) is 8.21. The SMILES string of the molecule is C=C(CC)c1cc(C#Cc2ccccc2CC)nnc1OC. The Labute approximate surface area is 132 Å². The smallest absolute Gasteiger partial charge is 0.240 e. The van der Waals surface area contributed by atoms with Crippen LogP contribution < -0.4 is 4.74 Å². The van der Waals surface area contributed by atoms with Gasteiger partial charge in [0.15, 0.2) is 0 Å². The summed E-state index contributed by atoms with van der Waals surface area (Å²) in [5.74, 6) is 6.76. The minimum Gasteiger partial charge on any atom is -0.479 e. The number of rotatable bonds is 4. The van der Waals surface area contributed by atoms with E-state index in [4.69, 9.17) is 4.74 Å². The highest BCUT2D eigenvalue weighted by molar-refractivity contribution is 5.67. The van der Waals surface area contributed by atoms with E-state index in [2.05, 4.69) is 41.6 Å². The number of hydrogen-bond donors (Lipinski definition) is 0. The Kier molecular flexibility index (Phi) is 5.32. The summed E-state index contributed by atoms with van der Waals surface area (Å²) in [4.78, 5) is 0. The predicted octanol–water partition coefficient (Wildman–Crippen LogP) is 3.87. The number of nitrogens with zero attached hydrogens (tertiary/aromatic N) is 2. The topological polar surface area (TPSA) is 35.0 Å². The van der Waals surface area contributed by atoms with Gasteiger partial charge in [-0.15, -0.1) is 10.2 Å². The summed E-state index contributed by atoms with van der Waals surface area (Å²) < 4.78 is 5.24. The molecule has 0 saturated carbocycles. The van der Waals surface area contributed by atoms with Gasteiger partial charge in [-0.25, -0.2) is 0 Å². The Morgan fingerprint density at radius 3 is 2.64 bits per heavy atom. The van der Waals surface area contributed by atoms with E-state index in [0.717, 1.165) is 29.5 Å². The van der Waals surface area contributed by atoms with E-state index in [9.17, 15) is 0 Å². The normalized spacial score (nSPS) is 9.77. The quantitative estimate of drug-likeness (QED) is 0.802. The standard InChI is InChI=1S/C19H20N2O/c1-5-14(3)18-13-17(20-21-19(18)22-4)12-11-16-10-8-7-9-15(16)6-2/h7-10,13H,3,5-6H2,1-2,4H3. The fraction of sp³-hybridized carbons (Fsp3) is 0.263. The highest BCUT2D eigenvalue weighted by Crippen LogP contribution is 2.24. The van der Waals surface area contributed by atoms with Crippen LogP contribution in [0.15, 0.2) is 36.9 Å². The van der Waals surface area contributed by atoms with Crippen LogP contribution in [-0.2, 0) is 6.42 Å². The van der Waals surface area contributed by atoms with Crippen LogP contribution in [0, 0.1) is 11.8 Å². The molecular weight excluding hydrogens is 272 g/mol. The van der Waals surface area contributed by atoms with E-state index in [0.29, 0.717) is 11.6 Å². The molecule has 2 rings (SSSR count). The third-order valence-corrected chi connectivity index (χ3v) is 3.48. The summed E-state index contributed by atoms with van der Waals surface area (Å²) >= 11 is 0. The molecule has 0 atom stereocenters. The number of methoxy groups -OCH3 is 1. The fourth-order valence-corrected chi connectivity index (χ4v) is 2.12. The maximum atomic E-state index is 5.24. The van der Waals surface area contributed by atoms with Crippen LogP contribution in [0.25, 0.3) is 5.57 Å². The molecule has 0 amide bonds. The van der Waals surface area contributed by atoms with Gasteiger partial charge < -0.3 is 4.74 Å². The molecular formula is C19H20N2O. The molecule has 22 heavy (non-hydrogen) atoms. The van der Waals surface area contributed by atoms with E-state index >= 15 is 0 Å². The minimum absolute atomic E-state index is 0.492. The number of aromatic nitrogens is 2. The summed E-state index contributed by atoms with van der Waals surface area (Å²) in [7, 11) is 1.58. The van der Waals surface area contributed by atoms with Crippen LogP contribution in [0.1, 0.15) is 42.7 Å². The Hall–Kier alpha value is -2.60. The first-order chi connectivity index (χ1) is 10.7. The van der Waals surface area contributed by atoms with Crippen molar-refractivity contribution in [1.29, 1.82) is 0 Å². The average molecular weight is 292 g/mol. The zero-order valence-corrected chi connectivity index (χ0v) is 13.3. The predicted molar refractivity (Wildman–Crippen MR) is 89.7 cm³/mol. The molecule has 0 aliphatic heterocycles. The summed E-state index contributed by atoms with van der Waals surface area (Å²) in [6.07, 6.45) is 1.78. The first kappa shape index (κ1) is 15.8. The molecule has 0 aliphatic carbocycles. The second kappa shape index (κ2) is 7.42. The van der Waals surface area contributed by atoms with Gasteiger partial charge in [0.1, 0.15) is 5.69 Å². The minimum atomic E-state index is 0.492. The van der Waals surface area contributed by atoms with Gasteiger partial charge in [0.05, 0.1) is 7.11 Å². The van der Waals surface area contributed by atoms with Crippen LogP contribution in [-0.4, -0.2) is 17.3 Å². The van der Waals surface area contributed by atoms with Crippen LogP contribution >= 0.6 is 0 Å². The highest BCUT2D eigenvalue weighted by atomic mass is 16.5. The molecule has 0 radical (unpaired) electrons. The third kappa shape index (κ3) is 3.53. The van der Waals surface area contributed by atoms with Crippen molar-refractivity contribution in [1.82, 2.24) is 10.2 Å². The van der Waals surface area contributed by atoms with Crippen molar-refractivity contribution in [3.05, 3.63) is 59.3 Å². The van der Waals surface area contributed by atoms with Gasteiger partial charge in [-0.2, -0.15) is 0 Å². The van der Waals surface area contributed by atoms with Crippen molar-refractivity contribution < 1.29 is 4.74 Å². The molecule has 0 saturated heterocycles. The van der Waals surface area contributed by atoms with Crippen molar-refractivity contribution in [2.45, 2.75) is 26.7 Å². The molecule has 0 aliphatic rings. The molecule has 3 heteroatoms. The lowest BCUT2D eigenvalue weighted by Gasteiger charge is -2.07. The van der Waals surface area contributed by atoms with Crippen molar-refractivity contribution >= 4 is 5.57 Å². The number of hydrogen-bond acceptors (Lipinski definition) is 3. The lowest BCUT2D eigenvalue weighted by atomic mass is 10.0. The molecule has 112 valence electrons. The van der Waals surface area contributed by atoms with Crippen molar-refractivity contribution in [2.75, 3.05) is 7.11 Å². The zero-order valence-electron chi connectivity index (χ0n) is 13.3. The van der Waals surface area contributed by atoms with E-state index in [-0.39, 0.29) is 0 Å². The Balaban J connectivity index is 2.39. The van der Waals surface area contributed by atoms with Crippen LogP contribution in [0.3, 0.4) is 0 Å². The lowest BCUT2D eigenvalue weighted by Crippen LogP contribution is -1.98. The van der Waals surface area contributed by atoms with E-state index in [1.54, 1.807) is 7.11 Å². The maximum Gasteiger partial charge on any atom is 0.240 e. The molecule has 0 N–H and O–H groups in total. The molecule has 2 aromatic rings. The van der Waals surface area contributed by atoms with Gasteiger partial charge in [0.25, 0.3) is 0 Å². The molecule has 1 aromatic carbocycles. The molecule has 1 heterocycles. The van der Waals surface area contributed by atoms with Crippen LogP contribution in [0.5, 0.6) is 5.88 Å². The van der Waals surface area contributed by atoms with E-state index < -0.39 is 0 Å². The largest absolute Gasteiger partial charge is 0.479 e. The van der Waals surface area contributed by atoms with Gasteiger partial charge in [-0.05, 0) is 42.0 Å². The fourth-order valence-electron chi connectivity index (χ4n) is 2.12. The van der Waals surface area contributed by atoms with Crippen molar-refractivity contribution in [3.8, 4) is 17.7 Å². The summed E-state index contributed by atoms with van der Waals surface area (Å²) in [6, 6.07) is 10.0. The van der Waals surface area contributed by atoms with Crippen LogP contribution in [0.2, 0.25) is 0 Å². The maximum absolute atomic E-state index is 5.24. The first-order valence-corrected chi connectivity index (χ1v) is 7.39. The molecule has 0 unspecified atom stereocenters. The molecule has 0 bridgehead atoms. The number of aryl methyl sites for hydroxylation is 1. The lowest BCUT2D eigenvalue weighted by molar-refractivity contribution is 0.390. The molecule has 0 spiro atoms. The molecule has 0 fully saturated rings. The molecule has 3 nitrogen and oxygen atoms in total. The Morgan fingerprint density at radius 1 is 1.18 bits per heavy atom. The van der Waals surface area contributed by atoms with E-state index in [1.165, 1.54) is 5.56 Å². The number of allylic oxidation sites excluding steroid dienone is 1. The van der Waals surface area contributed by atoms with Crippen LogP contribution in [0.4, 0.5) is 0 Å². The number of benzene rings is 1. The van der Waals surface area contributed by atoms with Gasteiger partial charge in [0, 0.05) is 11.1 Å². The summed E-state index contributed by atoms with van der Waals surface area (Å²) in [5.41, 5.74) is 4.71. The Morgan fingerprint density at radius 2 is 1.95 bits per heavy atom. The van der Waals surface area contributed by atoms with Gasteiger partial charge >= 0.3 is 0 Å². The Bertz CT molecular complexity index is 739. The second-order valence-corrected chi connectivity index (χ2v) is 4.87.